The number of aromatic nitrogens is 3. The molecular weight excluding hydrogens is 382 g/mol. The molecule has 1 aliphatic heterocycles. The van der Waals surface area contributed by atoms with E-state index >= 15 is 0 Å². The largest absolute Gasteiger partial charge is 0.309 e. The van der Waals surface area contributed by atoms with E-state index in [0.29, 0.717) is 29.9 Å². The standard InChI is InChI=1S/C22H21N5O3/c28-20(6-3-13-27-21(29)17-4-1-2-5-18(17)22(27)30)24-19-10-15-26(25-19)14-9-16-7-11-23-12-8-16/h1-2,4-5,7-8,10-12,15H,3,6,9,13-14H2,(H,24,25,28). The molecule has 0 bridgehead atoms. The topological polar surface area (TPSA) is 97.2 Å². The van der Waals surface area contributed by atoms with Crippen molar-refractivity contribution in [1.82, 2.24) is 19.7 Å². The quantitative estimate of drug-likeness (QED) is 0.583. The van der Waals surface area contributed by atoms with Gasteiger partial charge in [-0.1, -0.05) is 12.1 Å². The molecule has 8 nitrogen and oxygen atoms in total. The van der Waals surface area contributed by atoms with Crippen molar-refractivity contribution in [2.45, 2.75) is 25.8 Å². The van der Waals surface area contributed by atoms with E-state index in [0.717, 1.165) is 6.42 Å². The number of carbonyl (C=O) groups excluding carboxylic acids is 3. The fourth-order valence-corrected chi connectivity index (χ4v) is 3.39. The Morgan fingerprint density at radius 1 is 0.933 bits per heavy atom. The lowest BCUT2D eigenvalue weighted by Gasteiger charge is -2.13. The normalized spacial score (nSPS) is 12.9. The molecule has 4 rings (SSSR count). The predicted octanol–water partition coefficient (Wildman–Crippen LogP) is 2.54. The number of carbonyl (C=O) groups is 3. The van der Waals surface area contributed by atoms with Gasteiger partial charge in [-0.05, 0) is 42.7 Å². The van der Waals surface area contributed by atoms with Gasteiger partial charge in [0.15, 0.2) is 5.82 Å². The van der Waals surface area contributed by atoms with Gasteiger partial charge in [-0.3, -0.25) is 28.9 Å². The van der Waals surface area contributed by atoms with Crippen molar-refractivity contribution in [2.24, 2.45) is 0 Å². The Bertz CT molecular complexity index is 1040. The Morgan fingerprint density at radius 3 is 2.33 bits per heavy atom. The van der Waals surface area contributed by atoms with Crippen LogP contribution in [-0.2, 0) is 17.8 Å². The van der Waals surface area contributed by atoms with Crippen LogP contribution in [0, 0.1) is 0 Å². The first-order valence-corrected chi connectivity index (χ1v) is 9.79. The van der Waals surface area contributed by atoms with E-state index in [4.69, 9.17) is 0 Å². The number of imide groups is 1. The summed E-state index contributed by atoms with van der Waals surface area (Å²) in [7, 11) is 0. The van der Waals surface area contributed by atoms with Crippen LogP contribution >= 0.6 is 0 Å². The summed E-state index contributed by atoms with van der Waals surface area (Å²) in [6.45, 7) is 0.903. The summed E-state index contributed by atoms with van der Waals surface area (Å²) in [5, 5.41) is 7.11. The molecule has 0 aliphatic carbocycles. The molecule has 0 saturated heterocycles. The number of anilines is 1. The second-order valence-corrected chi connectivity index (χ2v) is 7.03. The molecule has 1 N–H and O–H groups in total. The fraction of sp³-hybridized carbons (Fsp3) is 0.227. The first-order valence-electron chi connectivity index (χ1n) is 9.79. The molecule has 0 unspecified atom stereocenters. The molecule has 30 heavy (non-hydrogen) atoms. The Labute approximate surface area is 173 Å². The molecule has 152 valence electrons. The average Bonchev–Trinajstić information content (AvgIpc) is 3.31. The number of hydrogen-bond acceptors (Lipinski definition) is 5. The summed E-state index contributed by atoms with van der Waals surface area (Å²) >= 11 is 0. The van der Waals surface area contributed by atoms with Crippen LogP contribution in [0.25, 0.3) is 0 Å². The molecule has 0 radical (unpaired) electrons. The lowest BCUT2D eigenvalue weighted by molar-refractivity contribution is -0.116. The van der Waals surface area contributed by atoms with Gasteiger partial charge in [-0.2, -0.15) is 5.10 Å². The number of amides is 3. The van der Waals surface area contributed by atoms with Crippen molar-refractivity contribution >= 4 is 23.5 Å². The van der Waals surface area contributed by atoms with Crippen molar-refractivity contribution in [3.63, 3.8) is 0 Å². The van der Waals surface area contributed by atoms with Gasteiger partial charge in [0.25, 0.3) is 11.8 Å². The van der Waals surface area contributed by atoms with Gasteiger partial charge >= 0.3 is 0 Å². The molecule has 0 saturated carbocycles. The molecule has 8 heteroatoms. The van der Waals surface area contributed by atoms with Crippen LogP contribution in [0.5, 0.6) is 0 Å². The van der Waals surface area contributed by atoms with E-state index in [-0.39, 0.29) is 30.7 Å². The second-order valence-electron chi connectivity index (χ2n) is 7.03. The highest BCUT2D eigenvalue weighted by Crippen LogP contribution is 2.22. The van der Waals surface area contributed by atoms with Gasteiger partial charge in [0, 0.05) is 44.2 Å². The van der Waals surface area contributed by atoms with Crippen LogP contribution in [0.15, 0.2) is 61.1 Å². The summed E-state index contributed by atoms with van der Waals surface area (Å²) in [6.07, 6.45) is 6.73. The third kappa shape index (κ3) is 4.27. The van der Waals surface area contributed by atoms with E-state index in [1.165, 1.54) is 10.5 Å². The third-order valence-corrected chi connectivity index (χ3v) is 4.95. The van der Waals surface area contributed by atoms with Crippen molar-refractivity contribution in [2.75, 3.05) is 11.9 Å². The number of pyridine rings is 1. The summed E-state index contributed by atoms with van der Waals surface area (Å²) in [5.74, 6) is -0.325. The Morgan fingerprint density at radius 2 is 1.63 bits per heavy atom. The lowest BCUT2D eigenvalue weighted by atomic mass is 10.1. The van der Waals surface area contributed by atoms with Crippen LogP contribution < -0.4 is 5.32 Å². The summed E-state index contributed by atoms with van der Waals surface area (Å²) in [6, 6.07) is 12.4. The minimum Gasteiger partial charge on any atom is -0.309 e. The van der Waals surface area contributed by atoms with E-state index in [2.05, 4.69) is 15.4 Å². The Kier molecular flexibility index (Phi) is 5.65. The molecule has 3 heterocycles. The van der Waals surface area contributed by atoms with Crippen molar-refractivity contribution in [1.29, 1.82) is 0 Å². The number of nitrogens with one attached hydrogen (secondary N) is 1. The van der Waals surface area contributed by atoms with Crippen LogP contribution in [0.1, 0.15) is 39.1 Å². The zero-order chi connectivity index (χ0) is 20.9. The molecule has 0 atom stereocenters. The van der Waals surface area contributed by atoms with Crippen molar-refractivity contribution in [3.8, 4) is 0 Å². The summed E-state index contributed by atoms with van der Waals surface area (Å²) in [4.78, 5) is 42.1. The maximum absolute atomic E-state index is 12.3. The van der Waals surface area contributed by atoms with Crippen LogP contribution in [-0.4, -0.2) is 43.9 Å². The van der Waals surface area contributed by atoms with Gasteiger partial charge in [-0.25, -0.2) is 0 Å². The lowest BCUT2D eigenvalue weighted by Crippen LogP contribution is -2.31. The predicted molar refractivity (Wildman–Crippen MR) is 110 cm³/mol. The molecular formula is C22H21N5O3. The number of rotatable bonds is 8. The van der Waals surface area contributed by atoms with Gasteiger partial charge < -0.3 is 5.32 Å². The fourth-order valence-electron chi connectivity index (χ4n) is 3.39. The average molecular weight is 403 g/mol. The minimum atomic E-state index is -0.302. The van der Waals surface area contributed by atoms with Gasteiger partial charge in [-0.15, -0.1) is 0 Å². The molecule has 3 aromatic rings. The summed E-state index contributed by atoms with van der Waals surface area (Å²) < 4.78 is 1.77. The maximum Gasteiger partial charge on any atom is 0.261 e. The molecule has 2 aromatic heterocycles. The highest BCUT2D eigenvalue weighted by Gasteiger charge is 2.34. The number of aryl methyl sites for hydroxylation is 2. The number of hydrogen-bond donors (Lipinski definition) is 1. The monoisotopic (exact) mass is 403 g/mol. The Balaban J connectivity index is 1.23. The van der Waals surface area contributed by atoms with Crippen LogP contribution in [0.4, 0.5) is 5.82 Å². The minimum absolute atomic E-state index is 0.192. The number of benzene rings is 1. The van der Waals surface area contributed by atoms with E-state index in [1.807, 2.05) is 18.3 Å². The van der Waals surface area contributed by atoms with Crippen LogP contribution in [0.2, 0.25) is 0 Å². The van der Waals surface area contributed by atoms with Gasteiger partial charge in [0.1, 0.15) is 0 Å². The van der Waals surface area contributed by atoms with E-state index < -0.39 is 0 Å². The third-order valence-electron chi connectivity index (χ3n) is 4.95. The first-order chi connectivity index (χ1) is 14.6. The van der Waals surface area contributed by atoms with Crippen molar-refractivity contribution in [3.05, 3.63) is 77.7 Å². The zero-order valence-electron chi connectivity index (χ0n) is 16.3. The first kappa shape index (κ1) is 19.5. The highest BCUT2D eigenvalue weighted by atomic mass is 16.2. The second kappa shape index (κ2) is 8.69. The van der Waals surface area contributed by atoms with Crippen molar-refractivity contribution < 1.29 is 14.4 Å². The Hall–Kier alpha value is -3.81. The molecule has 3 amide bonds. The zero-order valence-corrected chi connectivity index (χ0v) is 16.3. The van der Waals surface area contributed by atoms with Crippen LogP contribution in [0.3, 0.4) is 0 Å². The van der Waals surface area contributed by atoms with Gasteiger partial charge in [0.05, 0.1) is 11.1 Å². The maximum atomic E-state index is 12.3. The molecule has 0 spiro atoms. The SMILES string of the molecule is O=C(CCCN1C(=O)c2ccccc2C1=O)Nc1ccn(CCc2ccncc2)n1. The molecule has 1 aliphatic rings. The smallest absolute Gasteiger partial charge is 0.261 e. The highest BCUT2D eigenvalue weighted by molar-refractivity contribution is 6.21. The van der Waals surface area contributed by atoms with E-state index in [9.17, 15) is 14.4 Å². The number of fused-ring (bicyclic) bond motifs is 1. The molecule has 1 aromatic carbocycles. The van der Waals surface area contributed by atoms with E-state index in [1.54, 1.807) is 47.4 Å². The summed E-state index contributed by atoms with van der Waals surface area (Å²) in [5.41, 5.74) is 2.01. The van der Waals surface area contributed by atoms with Gasteiger partial charge in [0.2, 0.25) is 5.91 Å². The molecule has 0 fully saturated rings. The number of nitrogens with zero attached hydrogens (tertiary/aromatic N) is 4.